The summed E-state index contributed by atoms with van der Waals surface area (Å²) in [6.07, 6.45) is 12.0. The third-order valence-corrected chi connectivity index (χ3v) is 8.99. The number of aromatic nitrogens is 4. The van der Waals surface area contributed by atoms with Crippen LogP contribution < -0.4 is 0 Å². The average Bonchev–Trinajstić information content (AvgIpc) is 3.49. The maximum absolute atomic E-state index is 13.7. The molecule has 0 aliphatic heterocycles. The van der Waals surface area contributed by atoms with E-state index in [0.29, 0.717) is 24.4 Å². The first-order valence-corrected chi connectivity index (χ1v) is 14.7. The molecule has 0 N–H and O–H groups in total. The van der Waals surface area contributed by atoms with Gasteiger partial charge in [-0.1, -0.05) is 74.6 Å². The highest BCUT2D eigenvalue weighted by Crippen LogP contribution is 2.32. The molecule has 2 aromatic carbocycles. The fourth-order valence-electron chi connectivity index (χ4n) is 6.28. The third-order valence-electron chi connectivity index (χ3n) is 8.07. The number of carbonyl (C=O) groups excluding carboxylic acids is 1. The van der Waals surface area contributed by atoms with Crippen molar-refractivity contribution in [2.75, 3.05) is 5.75 Å². The van der Waals surface area contributed by atoms with Gasteiger partial charge in [0.25, 0.3) is 0 Å². The number of carbonyl (C=O) groups is 1. The third kappa shape index (κ3) is 5.00. The molecule has 0 saturated heterocycles. The summed E-state index contributed by atoms with van der Waals surface area (Å²) in [4.78, 5) is 16.0. The Morgan fingerprint density at radius 3 is 2.14 bits per heavy atom. The monoisotopic (exact) mass is 519 g/mol. The molecule has 4 aromatic rings. The lowest BCUT2D eigenvalue weighted by molar-refractivity contribution is -0.135. The summed E-state index contributed by atoms with van der Waals surface area (Å²) in [6.45, 7) is 0.566. The Hall–Kier alpha value is -2.87. The highest BCUT2D eigenvalue weighted by molar-refractivity contribution is 7.99. The van der Waals surface area contributed by atoms with Crippen molar-refractivity contribution in [3.8, 4) is 0 Å². The number of halogens is 1. The largest absolute Gasteiger partial charge is 0.336 e. The Bertz CT molecular complexity index is 1350. The minimum atomic E-state index is -0.243. The van der Waals surface area contributed by atoms with Crippen molar-refractivity contribution in [1.29, 1.82) is 0 Å². The highest BCUT2D eigenvalue weighted by Gasteiger charge is 2.32. The van der Waals surface area contributed by atoms with E-state index in [-0.39, 0.29) is 11.7 Å². The predicted molar refractivity (Wildman–Crippen MR) is 145 cm³/mol. The van der Waals surface area contributed by atoms with Crippen LogP contribution in [0.2, 0.25) is 0 Å². The molecule has 1 amide bonds. The molecule has 2 aliphatic rings. The molecule has 37 heavy (non-hydrogen) atoms. The lowest BCUT2D eigenvalue weighted by atomic mass is 9.88. The van der Waals surface area contributed by atoms with Crippen molar-refractivity contribution < 1.29 is 9.18 Å². The molecule has 2 saturated carbocycles. The van der Waals surface area contributed by atoms with E-state index in [1.807, 2.05) is 12.1 Å². The van der Waals surface area contributed by atoms with Crippen molar-refractivity contribution in [1.82, 2.24) is 24.1 Å². The van der Waals surface area contributed by atoms with E-state index < -0.39 is 0 Å². The van der Waals surface area contributed by atoms with Crippen LogP contribution in [0, 0.1) is 5.82 Å². The maximum atomic E-state index is 13.7. The average molecular weight is 520 g/mol. The Labute approximate surface area is 221 Å². The second-order valence-electron chi connectivity index (χ2n) is 10.5. The molecular formula is C29H34FN5OS. The lowest BCUT2D eigenvalue weighted by Crippen LogP contribution is -2.49. The van der Waals surface area contributed by atoms with Crippen LogP contribution in [-0.2, 0) is 11.3 Å². The number of hydrogen-bond acceptors (Lipinski definition) is 4. The molecule has 8 heteroatoms. The minimum absolute atomic E-state index is 0.243. The van der Waals surface area contributed by atoms with Crippen LogP contribution in [-0.4, -0.2) is 47.8 Å². The molecule has 0 unspecified atom stereocenters. The molecule has 2 aromatic heterocycles. The Morgan fingerprint density at radius 2 is 1.49 bits per heavy atom. The number of fused-ring (bicyclic) bond motifs is 3. The van der Waals surface area contributed by atoms with Gasteiger partial charge in [0.15, 0.2) is 5.16 Å². The number of benzene rings is 2. The lowest BCUT2D eigenvalue weighted by Gasteiger charge is -2.41. The van der Waals surface area contributed by atoms with Crippen molar-refractivity contribution in [3.05, 3.63) is 59.9 Å². The zero-order valence-corrected chi connectivity index (χ0v) is 22.0. The molecule has 2 fully saturated rings. The number of hydrogen-bond donors (Lipinski definition) is 0. The quantitative estimate of drug-likeness (QED) is 0.263. The zero-order valence-electron chi connectivity index (χ0n) is 21.2. The van der Waals surface area contributed by atoms with E-state index in [1.165, 1.54) is 62.4 Å². The first-order valence-electron chi connectivity index (χ1n) is 13.7. The van der Waals surface area contributed by atoms with Crippen molar-refractivity contribution in [2.45, 2.75) is 88.0 Å². The highest BCUT2D eigenvalue weighted by atomic mass is 32.2. The molecule has 0 atom stereocenters. The van der Waals surface area contributed by atoms with E-state index in [2.05, 4.69) is 36.2 Å². The van der Waals surface area contributed by atoms with Crippen LogP contribution in [0.25, 0.3) is 16.8 Å². The SMILES string of the molecule is O=C(CSc1nnc2n(Cc3ccc(F)cc3)c3ccccc3n12)N(C1CCCCC1)C1CCCCC1. The molecule has 2 aliphatic carbocycles. The summed E-state index contributed by atoms with van der Waals surface area (Å²) in [5.41, 5.74) is 3.04. The van der Waals surface area contributed by atoms with Gasteiger partial charge >= 0.3 is 0 Å². The summed E-state index contributed by atoms with van der Waals surface area (Å²) in [7, 11) is 0. The second-order valence-corrected chi connectivity index (χ2v) is 11.4. The van der Waals surface area contributed by atoms with Gasteiger partial charge in [-0.3, -0.25) is 9.20 Å². The number of rotatable bonds is 7. The van der Waals surface area contributed by atoms with Gasteiger partial charge in [0.1, 0.15) is 5.82 Å². The van der Waals surface area contributed by atoms with E-state index in [1.54, 1.807) is 12.1 Å². The first kappa shape index (κ1) is 24.5. The number of nitrogens with zero attached hydrogens (tertiary/aromatic N) is 5. The summed E-state index contributed by atoms with van der Waals surface area (Å²) < 4.78 is 17.6. The van der Waals surface area contributed by atoms with Crippen LogP contribution in [0.5, 0.6) is 0 Å². The number of imidazole rings is 1. The smallest absolute Gasteiger partial charge is 0.237 e. The molecule has 6 nitrogen and oxygen atoms in total. The molecular weight excluding hydrogens is 485 g/mol. The Morgan fingerprint density at radius 1 is 0.865 bits per heavy atom. The van der Waals surface area contributed by atoms with Gasteiger partial charge in [0, 0.05) is 12.1 Å². The van der Waals surface area contributed by atoms with Crippen molar-refractivity contribution in [3.63, 3.8) is 0 Å². The van der Waals surface area contributed by atoms with Crippen LogP contribution in [0.1, 0.15) is 69.8 Å². The van der Waals surface area contributed by atoms with Gasteiger partial charge in [-0.25, -0.2) is 4.39 Å². The second kappa shape index (κ2) is 10.9. The van der Waals surface area contributed by atoms with E-state index in [9.17, 15) is 9.18 Å². The number of thioether (sulfide) groups is 1. The van der Waals surface area contributed by atoms with Gasteiger partial charge in [0.05, 0.1) is 23.3 Å². The zero-order chi connectivity index (χ0) is 25.2. The number of amides is 1. The summed E-state index contributed by atoms with van der Waals surface area (Å²) in [6, 6.07) is 15.5. The van der Waals surface area contributed by atoms with Crippen LogP contribution >= 0.6 is 11.8 Å². The van der Waals surface area contributed by atoms with Crippen molar-refractivity contribution in [2.24, 2.45) is 0 Å². The predicted octanol–water partition coefficient (Wildman–Crippen LogP) is 6.46. The fourth-order valence-corrected chi connectivity index (χ4v) is 7.09. The summed E-state index contributed by atoms with van der Waals surface area (Å²) >= 11 is 1.49. The van der Waals surface area contributed by atoms with E-state index >= 15 is 0 Å². The first-order chi connectivity index (χ1) is 18.2. The van der Waals surface area contributed by atoms with E-state index in [0.717, 1.165) is 53.2 Å². The fraction of sp³-hybridized carbons (Fsp3) is 0.483. The van der Waals surface area contributed by atoms with E-state index in [4.69, 9.17) is 0 Å². The number of para-hydroxylation sites is 2. The van der Waals surface area contributed by atoms with Gasteiger partial charge < -0.3 is 9.47 Å². The molecule has 0 spiro atoms. The van der Waals surface area contributed by atoms with Gasteiger partial charge in [0.2, 0.25) is 11.7 Å². The van der Waals surface area contributed by atoms with Gasteiger partial charge in [-0.2, -0.15) is 0 Å². The van der Waals surface area contributed by atoms with Crippen LogP contribution in [0.4, 0.5) is 4.39 Å². The van der Waals surface area contributed by atoms with Gasteiger partial charge in [-0.05, 0) is 55.5 Å². The van der Waals surface area contributed by atoms with Gasteiger partial charge in [-0.15, -0.1) is 10.2 Å². The molecule has 2 heterocycles. The molecule has 0 radical (unpaired) electrons. The standard InChI is InChI=1S/C29H34FN5OS/c30-22-17-15-21(16-18-22)19-33-25-13-7-8-14-26(25)35-28(33)31-32-29(35)37-20-27(36)34(23-9-3-1-4-10-23)24-11-5-2-6-12-24/h7-8,13-18,23-24H,1-6,9-12,19-20H2. The Balaban J connectivity index is 1.27. The Kier molecular flexibility index (Phi) is 7.18. The molecule has 194 valence electrons. The summed E-state index contributed by atoms with van der Waals surface area (Å²) in [5, 5.41) is 9.77. The molecule has 6 rings (SSSR count). The maximum Gasteiger partial charge on any atom is 0.237 e. The minimum Gasteiger partial charge on any atom is -0.336 e. The van der Waals surface area contributed by atoms with Crippen molar-refractivity contribution >= 4 is 34.5 Å². The molecule has 0 bridgehead atoms. The summed E-state index contributed by atoms with van der Waals surface area (Å²) in [5.74, 6) is 1.12. The topological polar surface area (TPSA) is 55.4 Å². The normalized spacial score (nSPS) is 17.5. The van der Waals surface area contributed by atoms with Crippen LogP contribution in [0.15, 0.2) is 53.7 Å². The van der Waals surface area contributed by atoms with Crippen LogP contribution in [0.3, 0.4) is 0 Å².